The van der Waals surface area contributed by atoms with Crippen LogP contribution in [0.1, 0.15) is 32.1 Å². The van der Waals surface area contributed by atoms with Gasteiger partial charge in [-0.2, -0.15) is 4.72 Å². The molecule has 0 aliphatic heterocycles. The summed E-state index contributed by atoms with van der Waals surface area (Å²) in [5.74, 6) is -2.24. The van der Waals surface area contributed by atoms with E-state index in [1.807, 2.05) is 0 Å². The smallest absolute Gasteiger partial charge is 0.324 e. The topological polar surface area (TPSA) is 83.5 Å². The molecule has 1 aromatic carbocycles. The number of hydrogen-bond acceptors (Lipinski definition) is 3. The summed E-state index contributed by atoms with van der Waals surface area (Å²) in [5, 5.41) is 9.44. The molecule has 1 aromatic rings. The maximum Gasteiger partial charge on any atom is 0.324 e. The van der Waals surface area contributed by atoms with Crippen molar-refractivity contribution in [3.63, 3.8) is 0 Å². The highest BCUT2D eigenvalue weighted by Gasteiger charge is 2.43. The first-order valence-electron chi connectivity index (χ1n) is 6.49. The zero-order valence-electron chi connectivity index (χ0n) is 11.1. The summed E-state index contributed by atoms with van der Waals surface area (Å²) in [6.07, 6.45) is 2.45. The van der Waals surface area contributed by atoms with Gasteiger partial charge in [0.25, 0.3) is 0 Å². The third-order valence-corrected chi connectivity index (χ3v) is 5.43. The lowest BCUT2D eigenvalue weighted by Crippen LogP contribution is -2.55. The molecule has 0 aromatic heterocycles. The molecule has 0 radical (unpaired) electrons. The van der Waals surface area contributed by atoms with Crippen molar-refractivity contribution in [1.29, 1.82) is 0 Å². The predicted octanol–water partition coefficient (Wildman–Crippen LogP) is 2.54. The maximum absolute atomic E-state index is 13.8. The Balaban J connectivity index is 2.37. The molecule has 0 spiro atoms. The van der Waals surface area contributed by atoms with E-state index in [1.54, 1.807) is 0 Å². The maximum atomic E-state index is 13.8. The Bertz CT molecular complexity index is 656. The van der Waals surface area contributed by atoms with Crippen LogP contribution in [0.15, 0.2) is 23.1 Å². The normalized spacial score (nSPS) is 18.4. The number of nitrogens with one attached hydrogen (secondary N) is 1. The number of carboxylic acids is 1. The van der Waals surface area contributed by atoms with Gasteiger partial charge in [0, 0.05) is 5.02 Å². The Morgan fingerprint density at radius 1 is 1.29 bits per heavy atom. The summed E-state index contributed by atoms with van der Waals surface area (Å²) in [4.78, 5) is 10.9. The van der Waals surface area contributed by atoms with E-state index in [2.05, 4.69) is 4.72 Å². The first-order valence-corrected chi connectivity index (χ1v) is 8.35. The molecule has 8 heteroatoms. The second-order valence-corrected chi connectivity index (χ2v) is 7.22. The minimum absolute atomic E-state index is 0.0667. The number of rotatable bonds is 4. The number of hydrogen-bond donors (Lipinski definition) is 2. The fourth-order valence-corrected chi connectivity index (χ4v) is 4.16. The molecule has 0 amide bonds. The van der Waals surface area contributed by atoms with Gasteiger partial charge in [-0.1, -0.05) is 30.9 Å². The summed E-state index contributed by atoms with van der Waals surface area (Å²) in [6.45, 7) is 0. The van der Waals surface area contributed by atoms with E-state index < -0.39 is 32.2 Å². The molecule has 0 saturated heterocycles. The van der Waals surface area contributed by atoms with Crippen LogP contribution in [0.25, 0.3) is 0 Å². The fourth-order valence-electron chi connectivity index (χ4n) is 2.52. The fraction of sp³-hybridized carbons (Fsp3) is 0.462. The lowest BCUT2D eigenvalue weighted by Gasteiger charge is -2.33. The SMILES string of the molecule is O=C(O)C1(NS(=O)(=O)c2ccc(Cl)cc2F)CCCCC1. The molecule has 21 heavy (non-hydrogen) atoms. The minimum atomic E-state index is -4.28. The highest BCUT2D eigenvalue weighted by atomic mass is 35.5. The van der Waals surface area contributed by atoms with Gasteiger partial charge in [0.15, 0.2) is 0 Å². The summed E-state index contributed by atoms with van der Waals surface area (Å²) in [7, 11) is -4.28. The van der Waals surface area contributed by atoms with Crippen LogP contribution in [0.2, 0.25) is 5.02 Å². The van der Waals surface area contributed by atoms with Gasteiger partial charge >= 0.3 is 5.97 Å². The molecule has 2 N–H and O–H groups in total. The number of carbonyl (C=O) groups is 1. The highest BCUT2D eigenvalue weighted by Crippen LogP contribution is 2.31. The first kappa shape index (κ1) is 16.2. The van der Waals surface area contributed by atoms with Crippen LogP contribution in [0.4, 0.5) is 4.39 Å². The van der Waals surface area contributed by atoms with Crippen LogP contribution in [-0.4, -0.2) is 25.0 Å². The third kappa shape index (κ3) is 3.36. The van der Waals surface area contributed by atoms with E-state index in [9.17, 15) is 22.7 Å². The molecule has 0 unspecified atom stereocenters. The molecule has 2 rings (SSSR count). The summed E-state index contributed by atoms with van der Waals surface area (Å²) in [6, 6.07) is 3.15. The van der Waals surface area contributed by atoms with Gasteiger partial charge in [-0.05, 0) is 31.0 Å². The largest absolute Gasteiger partial charge is 0.480 e. The summed E-state index contributed by atoms with van der Waals surface area (Å²) in [5.41, 5.74) is -1.57. The van der Waals surface area contributed by atoms with Crippen molar-refractivity contribution < 1.29 is 22.7 Å². The molecular formula is C13H15ClFNO4S. The van der Waals surface area contributed by atoms with Crippen molar-refractivity contribution >= 4 is 27.6 Å². The average molecular weight is 336 g/mol. The summed E-state index contributed by atoms with van der Waals surface area (Å²) >= 11 is 5.59. The second kappa shape index (κ2) is 5.90. The molecule has 1 saturated carbocycles. The zero-order chi connectivity index (χ0) is 15.7. The lowest BCUT2D eigenvalue weighted by atomic mass is 9.83. The molecule has 0 bridgehead atoms. The molecule has 116 valence electrons. The molecule has 5 nitrogen and oxygen atoms in total. The van der Waals surface area contributed by atoms with Gasteiger partial charge in [0.2, 0.25) is 10.0 Å². The Labute approximate surface area is 127 Å². The van der Waals surface area contributed by atoms with Crippen LogP contribution in [0.5, 0.6) is 0 Å². The van der Waals surface area contributed by atoms with Crippen molar-refractivity contribution in [2.45, 2.75) is 42.5 Å². The minimum Gasteiger partial charge on any atom is -0.480 e. The molecule has 1 fully saturated rings. The standard InChI is InChI=1S/C13H15ClFNO4S/c14-9-4-5-11(10(15)8-9)21(19,20)16-13(12(17)18)6-2-1-3-7-13/h4-5,8,16H,1-3,6-7H2,(H,17,18). The Hall–Kier alpha value is -1.18. The number of aliphatic carboxylic acids is 1. The first-order chi connectivity index (χ1) is 9.77. The van der Waals surface area contributed by atoms with Gasteiger partial charge < -0.3 is 5.11 Å². The molecule has 0 heterocycles. The zero-order valence-corrected chi connectivity index (χ0v) is 12.7. The van der Waals surface area contributed by atoms with Gasteiger partial charge in [-0.3, -0.25) is 4.79 Å². The van der Waals surface area contributed by atoms with Gasteiger partial charge in [0.1, 0.15) is 16.3 Å². The van der Waals surface area contributed by atoms with Gasteiger partial charge in [-0.15, -0.1) is 0 Å². The molecule has 0 atom stereocenters. The number of halogens is 2. The Morgan fingerprint density at radius 3 is 2.43 bits per heavy atom. The van der Waals surface area contributed by atoms with E-state index in [-0.39, 0.29) is 17.9 Å². The number of carboxylic acid groups (broad SMARTS) is 1. The molecule has 1 aliphatic carbocycles. The van der Waals surface area contributed by atoms with Crippen LogP contribution < -0.4 is 4.72 Å². The van der Waals surface area contributed by atoms with E-state index in [0.29, 0.717) is 12.8 Å². The van der Waals surface area contributed by atoms with Crippen LogP contribution >= 0.6 is 11.6 Å². The number of sulfonamides is 1. The van der Waals surface area contributed by atoms with Crippen molar-refractivity contribution in [3.05, 3.63) is 29.0 Å². The quantitative estimate of drug-likeness (QED) is 0.885. The summed E-state index contributed by atoms with van der Waals surface area (Å²) < 4.78 is 40.5. The van der Waals surface area contributed by atoms with Crippen LogP contribution in [0.3, 0.4) is 0 Å². The second-order valence-electron chi connectivity index (χ2n) is 5.13. The van der Waals surface area contributed by atoms with E-state index >= 15 is 0 Å². The predicted molar refractivity (Wildman–Crippen MR) is 75.2 cm³/mol. The van der Waals surface area contributed by atoms with Crippen molar-refractivity contribution in [3.8, 4) is 0 Å². The van der Waals surface area contributed by atoms with E-state index in [1.165, 1.54) is 6.07 Å². The average Bonchev–Trinajstić information content (AvgIpc) is 2.38. The monoisotopic (exact) mass is 335 g/mol. The van der Waals surface area contributed by atoms with Crippen LogP contribution in [-0.2, 0) is 14.8 Å². The highest BCUT2D eigenvalue weighted by molar-refractivity contribution is 7.89. The van der Waals surface area contributed by atoms with Gasteiger partial charge in [-0.25, -0.2) is 12.8 Å². The molecular weight excluding hydrogens is 321 g/mol. The molecule has 1 aliphatic rings. The number of benzene rings is 1. The van der Waals surface area contributed by atoms with Crippen molar-refractivity contribution in [2.24, 2.45) is 0 Å². The van der Waals surface area contributed by atoms with Crippen molar-refractivity contribution in [2.75, 3.05) is 0 Å². The van der Waals surface area contributed by atoms with Gasteiger partial charge in [0.05, 0.1) is 0 Å². The van der Waals surface area contributed by atoms with Crippen molar-refractivity contribution in [1.82, 2.24) is 4.72 Å². The van der Waals surface area contributed by atoms with E-state index in [0.717, 1.165) is 18.6 Å². The third-order valence-electron chi connectivity index (χ3n) is 3.63. The Kier molecular flexibility index (Phi) is 4.55. The van der Waals surface area contributed by atoms with E-state index in [4.69, 9.17) is 11.6 Å². The van der Waals surface area contributed by atoms with Crippen LogP contribution in [0, 0.1) is 5.82 Å². The lowest BCUT2D eigenvalue weighted by molar-refractivity contribution is -0.145. The Morgan fingerprint density at radius 2 is 1.90 bits per heavy atom.